The summed E-state index contributed by atoms with van der Waals surface area (Å²) in [6.45, 7) is 3.36. The SMILES string of the molecule is Cc1ncn(C(C)C(=O)OCl)n1. The van der Waals surface area contributed by atoms with Gasteiger partial charge in [-0.2, -0.15) is 5.10 Å². The normalized spacial score (nSPS) is 12.6. The fourth-order valence-corrected chi connectivity index (χ4v) is 0.849. The first-order valence-electron chi connectivity index (χ1n) is 3.35. The average molecular weight is 190 g/mol. The monoisotopic (exact) mass is 189 g/mol. The van der Waals surface area contributed by atoms with Crippen molar-refractivity contribution in [2.24, 2.45) is 0 Å². The zero-order valence-electron chi connectivity index (χ0n) is 6.69. The highest BCUT2D eigenvalue weighted by Gasteiger charge is 2.16. The van der Waals surface area contributed by atoms with E-state index in [-0.39, 0.29) is 0 Å². The Bertz CT molecular complexity index is 286. The smallest absolute Gasteiger partial charge is 0.345 e. The van der Waals surface area contributed by atoms with Crippen molar-refractivity contribution >= 4 is 17.8 Å². The number of aromatic nitrogens is 3. The lowest BCUT2D eigenvalue weighted by Gasteiger charge is -2.05. The summed E-state index contributed by atoms with van der Waals surface area (Å²) in [5, 5.41) is 3.93. The van der Waals surface area contributed by atoms with Gasteiger partial charge in [0.2, 0.25) is 0 Å². The minimum Gasteiger partial charge on any atom is -0.345 e. The molecule has 0 bridgehead atoms. The van der Waals surface area contributed by atoms with Crippen LogP contribution in [0.5, 0.6) is 0 Å². The number of hydrogen-bond donors (Lipinski definition) is 0. The van der Waals surface area contributed by atoms with Crippen molar-refractivity contribution in [1.82, 2.24) is 14.8 Å². The van der Waals surface area contributed by atoms with Crippen LogP contribution in [0.2, 0.25) is 0 Å². The van der Waals surface area contributed by atoms with Gasteiger partial charge in [-0.25, -0.2) is 14.5 Å². The molecule has 66 valence electrons. The van der Waals surface area contributed by atoms with Gasteiger partial charge in [0.25, 0.3) is 0 Å². The lowest BCUT2D eigenvalue weighted by Crippen LogP contribution is -2.16. The van der Waals surface area contributed by atoms with E-state index in [0.717, 1.165) is 0 Å². The molecule has 1 unspecified atom stereocenters. The fourth-order valence-electron chi connectivity index (χ4n) is 0.721. The number of carbonyl (C=O) groups excluding carboxylic acids is 1. The minimum absolute atomic E-state index is 0.538. The van der Waals surface area contributed by atoms with Gasteiger partial charge in [0, 0.05) is 0 Å². The van der Waals surface area contributed by atoms with E-state index < -0.39 is 12.0 Å². The second kappa shape index (κ2) is 3.53. The Morgan fingerprint density at radius 2 is 2.50 bits per heavy atom. The van der Waals surface area contributed by atoms with Crippen molar-refractivity contribution in [2.75, 3.05) is 0 Å². The number of hydrogen-bond acceptors (Lipinski definition) is 4. The first-order valence-corrected chi connectivity index (χ1v) is 3.66. The molecule has 1 heterocycles. The van der Waals surface area contributed by atoms with Crippen LogP contribution in [-0.2, 0) is 9.08 Å². The Hall–Kier alpha value is -1.10. The van der Waals surface area contributed by atoms with Crippen LogP contribution in [0.1, 0.15) is 18.8 Å². The number of rotatable bonds is 2. The quantitative estimate of drug-likeness (QED) is 0.692. The largest absolute Gasteiger partial charge is 0.348 e. The second-order valence-corrected chi connectivity index (χ2v) is 2.50. The summed E-state index contributed by atoms with van der Waals surface area (Å²) < 4.78 is 5.41. The molecular formula is C6H8ClN3O2. The standard InChI is InChI=1S/C6H8ClN3O2/c1-4(6(11)12-7)10-3-8-5(2)9-10/h3-4H,1-2H3. The van der Waals surface area contributed by atoms with Crippen molar-refractivity contribution in [1.29, 1.82) is 0 Å². The molecule has 0 N–H and O–H groups in total. The highest BCUT2D eigenvalue weighted by Crippen LogP contribution is 2.06. The number of carbonyl (C=O) groups is 1. The topological polar surface area (TPSA) is 57.0 Å². The van der Waals surface area contributed by atoms with Crippen molar-refractivity contribution in [3.05, 3.63) is 12.2 Å². The van der Waals surface area contributed by atoms with E-state index >= 15 is 0 Å². The molecule has 0 spiro atoms. The molecule has 0 fully saturated rings. The van der Waals surface area contributed by atoms with E-state index in [4.69, 9.17) is 11.9 Å². The molecule has 0 aliphatic carbocycles. The number of aryl methyl sites for hydroxylation is 1. The van der Waals surface area contributed by atoms with Crippen molar-refractivity contribution < 1.29 is 9.08 Å². The Morgan fingerprint density at radius 3 is 2.92 bits per heavy atom. The summed E-state index contributed by atoms with van der Waals surface area (Å²) in [6.07, 6.45) is 1.45. The molecule has 0 aliphatic heterocycles. The molecule has 1 aromatic heterocycles. The Kier molecular flexibility index (Phi) is 2.65. The summed E-state index contributed by atoms with van der Waals surface area (Å²) in [7, 11) is 0. The average Bonchev–Trinajstić information content (AvgIpc) is 2.49. The Morgan fingerprint density at radius 1 is 1.83 bits per heavy atom. The maximum atomic E-state index is 10.9. The second-order valence-electron chi connectivity index (χ2n) is 2.34. The first-order chi connectivity index (χ1) is 5.65. The van der Waals surface area contributed by atoms with Gasteiger partial charge in [-0.15, -0.1) is 0 Å². The summed E-state index contributed by atoms with van der Waals surface area (Å²) in [5.41, 5.74) is 0. The predicted octanol–water partition coefficient (Wildman–Crippen LogP) is 0.845. The molecule has 0 saturated heterocycles. The summed E-state index contributed by atoms with van der Waals surface area (Å²) in [5.74, 6) is 0.0470. The molecule has 0 amide bonds. The third-order valence-corrected chi connectivity index (χ3v) is 1.59. The molecule has 1 rings (SSSR count). The molecule has 0 aliphatic rings. The Labute approximate surface area is 74.5 Å². The van der Waals surface area contributed by atoms with Crippen LogP contribution in [0, 0.1) is 6.92 Å². The van der Waals surface area contributed by atoms with Crippen molar-refractivity contribution in [2.45, 2.75) is 19.9 Å². The van der Waals surface area contributed by atoms with Crippen LogP contribution >= 0.6 is 11.9 Å². The van der Waals surface area contributed by atoms with Gasteiger partial charge < -0.3 is 4.29 Å². The zero-order valence-corrected chi connectivity index (χ0v) is 7.45. The van der Waals surface area contributed by atoms with Crippen molar-refractivity contribution in [3.8, 4) is 0 Å². The summed E-state index contributed by atoms with van der Waals surface area (Å²) in [6, 6.07) is -0.538. The van der Waals surface area contributed by atoms with Gasteiger partial charge in [0.1, 0.15) is 30.1 Å². The predicted molar refractivity (Wildman–Crippen MR) is 41.4 cm³/mol. The highest BCUT2D eigenvalue weighted by molar-refractivity contribution is 6.13. The Balaban J connectivity index is 2.77. The van der Waals surface area contributed by atoms with Crippen LogP contribution < -0.4 is 0 Å². The molecule has 0 saturated carbocycles. The summed E-state index contributed by atoms with van der Waals surface area (Å²) >= 11 is 4.89. The lowest BCUT2D eigenvalue weighted by molar-refractivity contribution is -0.137. The number of halogens is 1. The van der Waals surface area contributed by atoms with Gasteiger partial charge in [-0.1, -0.05) is 0 Å². The first kappa shape index (κ1) is 8.99. The van der Waals surface area contributed by atoms with E-state index in [9.17, 15) is 4.79 Å². The van der Waals surface area contributed by atoms with Crippen LogP contribution in [0.4, 0.5) is 0 Å². The summed E-state index contributed by atoms with van der Waals surface area (Å²) in [4.78, 5) is 14.7. The molecule has 1 aromatic rings. The lowest BCUT2D eigenvalue weighted by atomic mass is 10.4. The van der Waals surface area contributed by atoms with E-state index in [2.05, 4.69) is 14.4 Å². The zero-order chi connectivity index (χ0) is 9.14. The van der Waals surface area contributed by atoms with Gasteiger partial charge >= 0.3 is 5.97 Å². The van der Waals surface area contributed by atoms with Gasteiger partial charge in [0.05, 0.1) is 0 Å². The maximum Gasteiger partial charge on any atom is 0.348 e. The molecule has 5 nitrogen and oxygen atoms in total. The van der Waals surface area contributed by atoms with Crippen LogP contribution in [-0.4, -0.2) is 20.7 Å². The van der Waals surface area contributed by atoms with E-state index in [0.29, 0.717) is 5.82 Å². The molecule has 12 heavy (non-hydrogen) atoms. The molecule has 0 aromatic carbocycles. The molecular weight excluding hydrogens is 182 g/mol. The molecule has 6 heteroatoms. The van der Waals surface area contributed by atoms with Gasteiger partial charge in [0.15, 0.2) is 0 Å². The highest BCUT2D eigenvalue weighted by atomic mass is 35.5. The molecule has 0 radical (unpaired) electrons. The van der Waals surface area contributed by atoms with E-state index in [1.807, 2.05) is 0 Å². The maximum absolute atomic E-state index is 10.9. The van der Waals surface area contributed by atoms with E-state index in [1.54, 1.807) is 13.8 Å². The van der Waals surface area contributed by atoms with Crippen LogP contribution in [0.3, 0.4) is 0 Å². The van der Waals surface area contributed by atoms with Crippen LogP contribution in [0.15, 0.2) is 6.33 Å². The van der Waals surface area contributed by atoms with Crippen molar-refractivity contribution in [3.63, 3.8) is 0 Å². The molecule has 1 atom stereocenters. The fraction of sp³-hybridized carbons (Fsp3) is 0.500. The minimum atomic E-state index is -0.554. The number of nitrogens with zero attached hydrogens (tertiary/aromatic N) is 3. The van der Waals surface area contributed by atoms with Gasteiger partial charge in [-0.05, 0) is 13.8 Å². The third kappa shape index (κ3) is 1.73. The van der Waals surface area contributed by atoms with Crippen LogP contribution in [0.25, 0.3) is 0 Å². The van der Waals surface area contributed by atoms with Gasteiger partial charge in [-0.3, -0.25) is 0 Å². The third-order valence-electron chi connectivity index (χ3n) is 1.44. The van der Waals surface area contributed by atoms with E-state index in [1.165, 1.54) is 11.0 Å².